The van der Waals surface area contributed by atoms with Crippen molar-refractivity contribution in [3.63, 3.8) is 0 Å². The van der Waals surface area contributed by atoms with Crippen LogP contribution in [0.3, 0.4) is 0 Å². The molecule has 0 spiro atoms. The van der Waals surface area contributed by atoms with E-state index in [0.29, 0.717) is 29.4 Å². The number of hydrogen-bond acceptors (Lipinski definition) is 6. The number of amides is 1. The summed E-state index contributed by atoms with van der Waals surface area (Å²) in [5, 5.41) is 2.98. The number of ether oxygens (including phenoxy) is 4. The number of carbonyl (C=O) groups excluding carboxylic acids is 1. The van der Waals surface area contributed by atoms with Gasteiger partial charge in [-0.15, -0.1) is 0 Å². The third kappa shape index (κ3) is 4.67. The molecule has 0 aliphatic carbocycles. The minimum Gasteiger partial charge on any atom is -0.496 e. The Morgan fingerprint density at radius 2 is 1.50 bits per heavy atom. The van der Waals surface area contributed by atoms with Crippen molar-refractivity contribution < 1.29 is 23.7 Å². The van der Waals surface area contributed by atoms with E-state index in [1.54, 1.807) is 19.2 Å². The van der Waals surface area contributed by atoms with Crippen molar-refractivity contribution in [2.45, 2.75) is 6.04 Å². The number of likely N-dealkylation sites (N-methyl/N-ethyl adjacent to an activating group) is 1. The fraction of sp³-hybridized carbons (Fsp3) is 0.381. The number of hydrogen-bond donors (Lipinski definition) is 1. The number of benzene rings is 2. The molecule has 0 heterocycles. The van der Waals surface area contributed by atoms with E-state index in [2.05, 4.69) is 5.32 Å². The molecule has 1 atom stereocenters. The molecular weight excluding hydrogens is 360 g/mol. The van der Waals surface area contributed by atoms with Gasteiger partial charge in [-0.25, -0.2) is 0 Å². The van der Waals surface area contributed by atoms with Crippen molar-refractivity contribution in [2.24, 2.45) is 0 Å². The van der Waals surface area contributed by atoms with Gasteiger partial charge in [0.25, 0.3) is 5.91 Å². The average molecular weight is 388 g/mol. The van der Waals surface area contributed by atoms with Crippen LogP contribution in [0.5, 0.6) is 23.0 Å². The van der Waals surface area contributed by atoms with Crippen molar-refractivity contribution in [1.82, 2.24) is 10.2 Å². The number of carbonyl (C=O) groups is 1. The van der Waals surface area contributed by atoms with Crippen LogP contribution in [-0.4, -0.2) is 59.9 Å². The van der Waals surface area contributed by atoms with Crippen molar-refractivity contribution >= 4 is 5.91 Å². The first kappa shape index (κ1) is 21.4. The maximum atomic E-state index is 12.8. The van der Waals surface area contributed by atoms with Gasteiger partial charge in [-0.1, -0.05) is 18.2 Å². The van der Waals surface area contributed by atoms with E-state index in [9.17, 15) is 4.79 Å². The zero-order valence-electron chi connectivity index (χ0n) is 17.2. The van der Waals surface area contributed by atoms with Crippen LogP contribution >= 0.6 is 0 Å². The number of para-hydroxylation sites is 1. The van der Waals surface area contributed by atoms with Gasteiger partial charge in [0.05, 0.1) is 34.5 Å². The van der Waals surface area contributed by atoms with Gasteiger partial charge in [-0.3, -0.25) is 4.79 Å². The quantitative estimate of drug-likeness (QED) is 0.712. The SMILES string of the molecule is COc1ccccc1C(CNC(=O)c1cc(OC)c(OC)c(OC)c1)N(C)C. The lowest BCUT2D eigenvalue weighted by molar-refractivity contribution is 0.0940. The number of nitrogens with zero attached hydrogens (tertiary/aromatic N) is 1. The average Bonchev–Trinajstić information content (AvgIpc) is 2.72. The summed E-state index contributed by atoms with van der Waals surface area (Å²) < 4.78 is 21.4. The summed E-state index contributed by atoms with van der Waals surface area (Å²) in [4.78, 5) is 14.8. The Hall–Kier alpha value is -2.93. The summed E-state index contributed by atoms with van der Waals surface area (Å²) in [6.45, 7) is 0.406. The minimum atomic E-state index is -0.235. The number of nitrogens with one attached hydrogen (secondary N) is 1. The van der Waals surface area contributed by atoms with Gasteiger partial charge in [0.1, 0.15) is 5.75 Å². The van der Waals surface area contributed by atoms with Gasteiger partial charge in [0, 0.05) is 17.7 Å². The van der Waals surface area contributed by atoms with Crippen LogP contribution in [0.4, 0.5) is 0 Å². The highest BCUT2D eigenvalue weighted by Gasteiger charge is 2.21. The Balaban J connectivity index is 2.24. The number of methoxy groups -OCH3 is 4. The Kier molecular flexibility index (Phi) is 7.52. The lowest BCUT2D eigenvalue weighted by Gasteiger charge is -2.26. The Bertz CT molecular complexity index is 782. The second kappa shape index (κ2) is 9.85. The molecule has 0 radical (unpaired) electrons. The second-order valence-corrected chi connectivity index (χ2v) is 6.35. The van der Waals surface area contributed by atoms with Crippen molar-refractivity contribution in [3.05, 3.63) is 47.5 Å². The van der Waals surface area contributed by atoms with Crippen molar-refractivity contribution in [1.29, 1.82) is 0 Å². The molecule has 2 aromatic carbocycles. The van der Waals surface area contributed by atoms with Gasteiger partial charge in [0.2, 0.25) is 5.75 Å². The van der Waals surface area contributed by atoms with Crippen LogP contribution in [-0.2, 0) is 0 Å². The highest BCUT2D eigenvalue weighted by Crippen LogP contribution is 2.38. The molecule has 0 bridgehead atoms. The molecule has 1 amide bonds. The van der Waals surface area contributed by atoms with E-state index < -0.39 is 0 Å². The first-order valence-electron chi connectivity index (χ1n) is 8.84. The summed E-state index contributed by atoms with van der Waals surface area (Å²) in [7, 11) is 10.1. The molecule has 2 aromatic rings. The highest BCUT2D eigenvalue weighted by molar-refractivity contribution is 5.95. The fourth-order valence-corrected chi connectivity index (χ4v) is 3.02. The molecule has 0 saturated carbocycles. The Morgan fingerprint density at radius 3 is 2.00 bits per heavy atom. The molecule has 0 aromatic heterocycles. The Labute approximate surface area is 166 Å². The van der Waals surface area contributed by atoms with E-state index in [4.69, 9.17) is 18.9 Å². The van der Waals surface area contributed by atoms with Crippen LogP contribution in [0.25, 0.3) is 0 Å². The topological polar surface area (TPSA) is 69.3 Å². The predicted molar refractivity (Wildman–Crippen MR) is 108 cm³/mol. The van der Waals surface area contributed by atoms with Crippen molar-refractivity contribution in [2.75, 3.05) is 49.1 Å². The normalized spacial score (nSPS) is 11.7. The summed E-state index contributed by atoms with van der Waals surface area (Å²) in [6, 6.07) is 11.0. The largest absolute Gasteiger partial charge is 0.496 e. The van der Waals surface area contributed by atoms with Gasteiger partial charge >= 0.3 is 0 Å². The zero-order valence-corrected chi connectivity index (χ0v) is 17.2. The first-order chi connectivity index (χ1) is 13.5. The van der Waals surface area contributed by atoms with Gasteiger partial charge in [-0.2, -0.15) is 0 Å². The standard InChI is InChI=1S/C21H28N2O5/c1-23(2)16(15-9-7-8-10-17(15)25-3)13-22-21(24)14-11-18(26-4)20(28-6)19(12-14)27-5/h7-12,16H,13H2,1-6H3,(H,22,24). The monoisotopic (exact) mass is 388 g/mol. The molecule has 0 saturated heterocycles. The van der Waals surface area contributed by atoms with E-state index in [1.807, 2.05) is 43.3 Å². The van der Waals surface area contributed by atoms with E-state index in [0.717, 1.165) is 11.3 Å². The summed E-state index contributed by atoms with van der Waals surface area (Å²) in [5.74, 6) is 1.85. The molecule has 7 nitrogen and oxygen atoms in total. The predicted octanol–water partition coefficient (Wildman–Crippen LogP) is 2.75. The third-order valence-electron chi connectivity index (χ3n) is 4.50. The number of rotatable bonds is 9. The second-order valence-electron chi connectivity index (χ2n) is 6.35. The molecule has 28 heavy (non-hydrogen) atoms. The van der Waals surface area contributed by atoms with E-state index in [-0.39, 0.29) is 11.9 Å². The molecule has 152 valence electrons. The zero-order chi connectivity index (χ0) is 20.7. The summed E-state index contributed by atoms with van der Waals surface area (Å²) in [5.41, 5.74) is 1.42. The van der Waals surface area contributed by atoms with Gasteiger partial charge in [-0.05, 0) is 32.3 Å². The molecular formula is C21H28N2O5. The van der Waals surface area contributed by atoms with E-state index in [1.165, 1.54) is 21.3 Å². The smallest absolute Gasteiger partial charge is 0.251 e. The lowest BCUT2D eigenvalue weighted by atomic mass is 10.0. The van der Waals surface area contributed by atoms with E-state index >= 15 is 0 Å². The molecule has 2 rings (SSSR count). The first-order valence-corrected chi connectivity index (χ1v) is 8.84. The highest BCUT2D eigenvalue weighted by atomic mass is 16.5. The van der Waals surface area contributed by atoms with Crippen molar-refractivity contribution in [3.8, 4) is 23.0 Å². The molecule has 0 fully saturated rings. The summed E-state index contributed by atoms with van der Waals surface area (Å²) >= 11 is 0. The fourth-order valence-electron chi connectivity index (χ4n) is 3.02. The third-order valence-corrected chi connectivity index (χ3v) is 4.50. The Morgan fingerprint density at radius 1 is 0.929 bits per heavy atom. The van der Waals surface area contributed by atoms with Crippen LogP contribution < -0.4 is 24.3 Å². The van der Waals surface area contributed by atoms with Crippen LogP contribution in [0.1, 0.15) is 22.0 Å². The summed E-state index contributed by atoms with van der Waals surface area (Å²) in [6.07, 6.45) is 0. The minimum absolute atomic E-state index is 0.0536. The van der Waals surface area contributed by atoms with Gasteiger partial charge in [0.15, 0.2) is 11.5 Å². The molecule has 7 heteroatoms. The van der Waals surface area contributed by atoms with Crippen LogP contribution in [0.15, 0.2) is 36.4 Å². The maximum absolute atomic E-state index is 12.8. The van der Waals surface area contributed by atoms with Crippen LogP contribution in [0.2, 0.25) is 0 Å². The maximum Gasteiger partial charge on any atom is 0.251 e. The molecule has 0 aliphatic heterocycles. The van der Waals surface area contributed by atoms with Gasteiger partial charge < -0.3 is 29.2 Å². The molecule has 0 aliphatic rings. The molecule has 1 unspecified atom stereocenters. The van der Waals surface area contributed by atoms with Crippen LogP contribution in [0, 0.1) is 0 Å². The molecule has 1 N–H and O–H groups in total. The lowest BCUT2D eigenvalue weighted by Crippen LogP contribution is -2.34.